The molecule has 2 bridgehead atoms. The van der Waals surface area contributed by atoms with Gasteiger partial charge in [0.25, 0.3) is 18.6 Å². The summed E-state index contributed by atoms with van der Waals surface area (Å²) >= 11 is 0. The summed E-state index contributed by atoms with van der Waals surface area (Å²) in [6.45, 7) is 9.31. The van der Waals surface area contributed by atoms with Crippen LogP contribution in [0.3, 0.4) is 0 Å². The van der Waals surface area contributed by atoms with Crippen LogP contribution in [0.15, 0.2) is 0 Å². The lowest BCUT2D eigenvalue weighted by Crippen LogP contribution is -2.90. The molecule has 0 aromatic carbocycles. The molecule has 6 nitrogen and oxygen atoms in total. The molecule has 3 heterocycles. The van der Waals surface area contributed by atoms with Crippen molar-refractivity contribution >= 4 is 66.0 Å². The molecule has 3 aliphatic heterocycles. The van der Waals surface area contributed by atoms with Crippen molar-refractivity contribution in [2.24, 2.45) is 0 Å². The smallest absolute Gasteiger partial charge is 0.297 e. The van der Waals surface area contributed by atoms with Crippen LogP contribution in [0.25, 0.3) is 0 Å². The summed E-state index contributed by atoms with van der Waals surface area (Å²) in [5, 5.41) is 0. The predicted octanol–water partition coefficient (Wildman–Crippen LogP) is -2.95. The zero-order valence-corrected chi connectivity index (χ0v) is 17.4. The van der Waals surface area contributed by atoms with Crippen molar-refractivity contribution in [3.05, 3.63) is 0 Å². The molecule has 90 valence electrons. The molecule has 3 rings (SSSR count). The third-order valence-corrected chi connectivity index (χ3v) is 22.7. The fourth-order valence-corrected chi connectivity index (χ4v) is 21.6. The predicted molar refractivity (Wildman–Crippen MR) is 80.0 cm³/mol. The Bertz CT molecular complexity index is 231. The molecule has 0 saturated carbocycles. The molecule has 3 aliphatic rings. The van der Waals surface area contributed by atoms with Crippen LogP contribution in [0.5, 0.6) is 0 Å². The lowest BCUT2D eigenvalue weighted by Gasteiger charge is -2.48. The van der Waals surface area contributed by atoms with Gasteiger partial charge in [-0.2, -0.15) is 0 Å². The Balaban J connectivity index is 2.03. The molecule has 13 heteroatoms. The van der Waals surface area contributed by atoms with Crippen molar-refractivity contribution in [1.82, 2.24) is 26.4 Å². The first-order valence-corrected chi connectivity index (χ1v) is 16.0. The van der Waals surface area contributed by atoms with Crippen LogP contribution >= 0.6 is 0 Å². The van der Waals surface area contributed by atoms with Crippen LogP contribution in [0, 0.1) is 0 Å². The molecular formula is C4H16N6Si7. The van der Waals surface area contributed by atoms with Gasteiger partial charge in [-0.1, -0.05) is 13.1 Å². The molecule has 3 fully saturated rings. The van der Waals surface area contributed by atoms with E-state index >= 15 is 0 Å². The number of rotatable bonds is 2. The quantitative estimate of drug-likeness (QED) is 0.402. The standard InChI is InChI=1S/C4H16N6Si7/c1-11-9-14(3)5-13-6-15(4)10(12-2)17-7-16(9)8-17/h5-8H,1-4H3. The maximum Gasteiger partial charge on any atom is 0.297 e. The summed E-state index contributed by atoms with van der Waals surface area (Å²) in [7, 11) is 0.172. The minimum absolute atomic E-state index is 0.556. The van der Waals surface area contributed by atoms with Crippen molar-refractivity contribution in [2.45, 2.75) is 26.2 Å². The minimum atomic E-state index is -0.621. The topological polar surface area (TPSA) is 54.6 Å². The lowest BCUT2D eigenvalue weighted by atomic mass is 11.9. The zero-order chi connectivity index (χ0) is 12.4. The highest BCUT2D eigenvalue weighted by atomic mass is 28.5. The van der Waals surface area contributed by atoms with Gasteiger partial charge in [0.1, 0.15) is 19.4 Å². The molecule has 0 aromatic rings. The summed E-state index contributed by atoms with van der Waals surface area (Å²) in [5.41, 5.74) is 0. The van der Waals surface area contributed by atoms with Crippen LogP contribution in [-0.2, 0) is 0 Å². The third-order valence-electron chi connectivity index (χ3n) is 2.53. The van der Waals surface area contributed by atoms with Crippen LogP contribution < -0.4 is 18.6 Å². The second-order valence-electron chi connectivity index (χ2n) is 3.61. The Hall–Kier alpha value is 1.28. The van der Waals surface area contributed by atoms with Gasteiger partial charge >= 0.3 is 0 Å². The first-order chi connectivity index (χ1) is 8.17. The number of nitrogens with zero attached hydrogens (tertiary/aromatic N) is 2. The van der Waals surface area contributed by atoms with Crippen LogP contribution in [0.1, 0.15) is 0 Å². The summed E-state index contributed by atoms with van der Waals surface area (Å²) in [6, 6.07) is 0. The summed E-state index contributed by atoms with van der Waals surface area (Å²) in [6.07, 6.45) is 0. The highest BCUT2D eigenvalue weighted by Gasteiger charge is 2.44. The largest absolute Gasteiger partial charge is 0.337 e. The van der Waals surface area contributed by atoms with Crippen molar-refractivity contribution in [2.75, 3.05) is 0 Å². The number of nitrogens with one attached hydrogen (secondary N) is 4. The molecule has 0 unspecified atom stereocenters. The molecule has 10 radical (unpaired) electrons. The van der Waals surface area contributed by atoms with E-state index in [1.807, 2.05) is 0 Å². The van der Waals surface area contributed by atoms with E-state index in [1.54, 1.807) is 0 Å². The molecule has 0 spiro atoms. The van der Waals surface area contributed by atoms with Gasteiger partial charge in [-0.25, -0.2) is 0 Å². The SMILES string of the molecule is C[Si]N1[Si](C)N[Si]N[Si](C)N([Si]C)[Si]2N[Si]1N2. The summed E-state index contributed by atoms with van der Waals surface area (Å²) < 4.78 is 20.4. The first kappa shape index (κ1) is 14.7. The van der Waals surface area contributed by atoms with Gasteiger partial charge in [-0.3, -0.25) is 0 Å². The van der Waals surface area contributed by atoms with E-state index in [-0.39, 0.29) is 0 Å². The van der Waals surface area contributed by atoms with Gasteiger partial charge in [0.2, 0.25) is 28.1 Å². The van der Waals surface area contributed by atoms with Crippen molar-refractivity contribution in [3.8, 4) is 0 Å². The van der Waals surface area contributed by atoms with Crippen molar-refractivity contribution in [1.29, 1.82) is 0 Å². The number of fused-ring (bicyclic) bond motifs is 6. The van der Waals surface area contributed by atoms with Crippen molar-refractivity contribution < 1.29 is 0 Å². The van der Waals surface area contributed by atoms with Crippen LogP contribution in [-0.4, -0.2) is 73.8 Å². The van der Waals surface area contributed by atoms with E-state index in [1.165, 1.54) is 0 Å². The molecule has 0 amide bonds. The monoisotopic (exact) mass is 344 g/mol. The molecule has 0 aliphatic carbocycles. The lowest BCUT2D eigenvalue weighted by molar-refractivity contribution is 0.816. The normalized spacial score (nSPS) is 28.2. The molecular weight excluding hydrogens is 329 g/mol. The van der Waals surface area contributed by atoms with Gasteiger partial charge in [0.15, 0.2) is 0 Å². The Labute approximate surface area is 118 Å². The fourth-order valence-electron chi connectivity index (χ4n) is 1.67. The van der Waals surface area contributed by atoms with Crippen LogP contribution in [0.2, 0.25) is 26.2 Å². The molecule has 17 heavy (non-hydrogen) atoms. The second kappa shape index (κ2) is 6.63. The first-order valence-electron chi connectivity index (χ1n) is 5.34. The number of hydrogen-bond acceptors (Lipinski definition) is 6. The molecule has 4 N–H and O–H groups in total. The molecule has 0 aromatic heterocycles. The molecule has 3 saturated heterocycles. The van der Waals surface area contributed by atoms with Gasteiger partial charge in [-0.15, -0.1) is 0 Å². The van der Waals surface area contributed by atoms with E-state index in [2.05, 4.69) is 52.6 Å². The van der Waals surface area contributed by atoms with Gasteiger partial charge in [0, 0.05) is 0 Å². The van der Waals surface area contributed by atoms with Crippen molar-refractivity contribution in [3.63, 3.8) is 0 Å². The average molecular weight is 345 g/mol. The highest BCUT2D eigenvalue weighted by molar-refractivity contribution is 6.98. The van der Waals surface area contributed by atoms with Gasteiger partial charge in [-0.05, 0) is 13.1 Å². The fraction of sp³-hybridized carbons (Fsp3) is 1.00. The summed E-state index contributed by atoms with van der Waals surface area (Å²) in [5.74, 6) is 0. The van der Waals surface area contributed by atoms with E-state index in [0.717, 1.165) is 29.2 Å². The van der Waals surface area contributed by atoms with Crippen LogP contribution in [0.4, 0.5) is 0 Å². The Morgan fingerprint density at radius 1 is 0.882 bits per heavy atom. The van der Waals surface area contributed by atoms with Gasteiger partial charge in [0.05, 0.1) is 0 Å². The van der Waals surface area contributed by atoms with E-state index in [4.69, 9.17) is 0 Å². The van der Waals surface area contributed by atoms with Gasteiger partial charge < -0.3 is 26.4 Å². The number of hydrogen-bond donors (Lipinski definition) is 4. The Morgan fingerprint density at radius 3 is 1.65 bits per heavy atom. The molecule has 0 atom stereocenters. The second-order valence-corrected chi connectivity index (χ2v) is 17.9. The van der Waals surface area contributed by atoms with E-state index in [9.17, 15) is 0 Å². The maximum atomic E-state index is 3.84. The Morgan fingerprint density at radius 2 is 1.29 bits per heavy atom. The van der Waals surface area contributed by atoms with E-state index < -0.39 is 36.8 Å². The zero-order valence-electron chi connectivity index (χ0n) is 10.4. The Kier molecular flexibility index (Phi) is 5.73. The third kappa shape index (κ3) is 3.24. The highest BCUT2D eigenvalue weighted by Crippen LogP contribution is 2.04. The maximum absolute atomic E-state index is 3.84. The average Bonchev–Trinajstić information content (AvgIpc) is 2.26. The van der Waals surface area contributed by atoms with E-state index in [0.29, 0.717) is 0 Å². The minimum Gasteiger partial charge on any atom is -0.337 e. The summed E-state index contributed by atoms with van der Waals surface area (Å²) in [4.78, 5) is 0.